The molecule has 0 aliphatic heterocycles. The first kappa shape index (κ1) is 7.15. The van der Waals surface area contributed by atoms with Crippen LogP contribution in [0.3, 0.4) is 0 Å². The van der Waals surface area contributed by atoms with Crippen molar-refractivity contribution in [3.05, 3.63) is 30.5 Å². The molecule has 0 saturated heterocycles. The van der Waals surface area contributed by atoms with Gasteiger partial charge in [-0.15, -0.1) is 0 Å². The lowest BCUT2D eigenvalue weighted by Gasteiger charge is -1.81. The summed E-state index contributed by atoms with van der Waals surface area (Å²) in [6, 6.07) is 8.01. The van der Waals surface area contributed by atoms with E-state index in [4.69, 9.17) is 0 Å². The van der Waals surface area contributed by atoms with Crippen LogP contribution in [0.2, 0.25) is 0 Å². The van der Waals surface area contributed by atoms with Crippen molar-refractivity contribution in [1.29, 1.82) is 0 Å². The highest BCUT2D eigenvalue weighted by molar-refractivity contribution is 7.59. The molecule has 0 aliphatic carbocycles. The van der Waals surface area contributed by atoms with E-state index in [0.29, 0.717) is 0 Å². The van der Waals surface area contributed by atoms with Crippen LogP contribution in [-0.4, -0.2) is 10.2 Å². The molecule has 1 aromatic heterocycles. The van der Waals surface area contributed by atoms with E-state index in [1.54, 1.807) is 0 Å². The number of H-pyrrole nitrogens is 1. The molecule has 0 radical (unpaired) electrons. The summed E-state index contributed by atoms with van der Waals surface area (Å²) in [5.41, 5.74) is 1.09. The van der Waals surface area contributed by atoms with Gasteiger partial charge in [-0.3, -0.25) is 5.10 Å². The number of hydrogen-bond donors (Lipinski definition) is 1. The fourth-order valence-electron chi connectivity index (χ4n) is 0.883. The average molecular weight is 152 g/mol. The van der Waals surface area contributed by atoms with Crippen molar-refractivity contribution in [3.8, 4) is 0 Å². The third kappa shape index (κ3) is 0.998. The van der Waals surface area contributed by atoms with E-state index in [2.05, 4.69) is 10.2 Å². The molecule has 0 amide bonds. The second-order valence-corrected chi connectivity index (χ2v) is 1.96. The molecule has 0 unspecified atom stereocenters. The van der Waals surface area contributed by atoms with Gasteiger partial charge in [0.2, 0.25) is 0 Å². The maximum absolute atomic E-state index is 3.88. The second kappa shape index (κ2) is 2.75. The molecule has 2 rings (SSSR count). The molecule has 0 spiro atoms. The predicted molar refractivity (Wildman–Crippen MR) is 46.5 cm³/mol. The maximum Gasteiger partial charge on any atom is 0.0650 e. The van der Waals surface area contributed by atoms with Gasteiger partial charge in [0.25, 0.3) is 0 Å². The van der Waals surface area contributed by atoms with Crippen molar-refractivity contribution < 1.29 is 0 Å². The Labute approximate surface area is 65.7 Å². The first-order valence-corrected chi connectivity index (χ1v) is 2.85. The van der Waals surface area contributed by atoms with E-state index in [9.17, 15) is 0 Å². The molecule has 3 heteroatoms. The van der Waals surface area contributed by atoms with Crippen LogP contribution >= 0.6 is 13.5 Å². The highest BCUT2D eigenvalue weighted by Gasteiger charge is 1.88. The first-order chi connectivity index (χ1) is 4.47. The maximum atomic E-state index is 3.88. The summed E-state index contributed by atoms with van der Waals surface area (Å²) >= 11 is 0. The van der Waals surface area contributed by atoms with Crippen molar-refractivity contribution in [2.45, 2.75) is 0 Å². The second-order valence-electron chi connectivity index (χ2n) is 1.96. The van der Waals surface area contributed by atoms with Gasteiger partial charge >= 0.3 is 0 Å². The zero-order valence-corrected chi connectivity index (χ0v) is 6.33. The van der Waals surface area contributed by atoms with E-state index in [-0.39, 0.29) is 13.5 Å². The van der Waals surface area contributed by atoms with Crippen molar-refractivity contribution in [3.63, 3.8) is 0 Å². The Morgan fingerprint density at radius 1 is 1.20 bits per heavy atom. The van der Waals surface area contributed by atoms with Crippen molar-refractivity contribution in [2.75, 3.05) is 0 Å². The van der Waals surface area contributed by atoms with Gasteiger partial charge in [0, 0.05) is 5.39 Å². The summed E-state index contributed by atoms with van der Waals surface area (Å²) < 4.78 is 0. The van der Waals surface area contributed by atoms with Crippen molar-refractivity contribution >= 4 is 24.4 Å². The Kier molecular flexibility index (Phi) is 1.97. The molecule has 1 N–H and O–H groups in total. The minimum absolute atomic E-state index is 0. The minimum atomic E-state index is 0. The van der Waals surface area contributed by atoms with Gasteiger partial charge in [-0.05, 0) is 6.07 Å². The monoisotopic (exact) mass is 152 g/mol. The Morgan fingerprint density at radius 2 is 2.00 bits per heavy atom. The number of benzene rings is 1. The number of aromatic nitrogens is 2. The summed E-state index contributed by atoms with van der Waals surface area (Å²) in [7, 11) is 0. The Bertz CT molecular complexity index is 286. The largest absolute Gasteiger partial charge is 0.278 e. The fraction of sp³-hybridized carbons (Fsp3) is 0. The van der Waals surface area contributed by atoms with Gasteiger partial charge in [0.15, 0.2) is 0 Å². The summed E-state index contributed by atoms with van der Waals surface area (Å²) in [6.45, 7) is 0. The van der Waals surface area contributed by atoms with E-state index in [1.807, 2.05) is 30.5 Å². The zero-order chi connectivity index (χ0) is 6.10. The predicted octanol–water partition coefficient (Wildman–Crippen LogP) is 1.68. The number of nitrogens with zero attached hydrogens (tertiary/aromatic N) is 1. The summed E-state index contributed by atoms with van der Waals surface area (Å²) in [5, 5.41) is 7.91. The number of rotatable bonds is 0. The lowest BCUT2D eigenvalue weighted by Crippen LogP contribution is -1.63. The highest BCUT2D eigenvalue weighted by Crippen LogP contribution is 2.06. The SMILES string of the molecule is S.c1ccc2[nH]ncc2c1. The molecule has 0 saturated carbocycles. The van der Waals surface area contributed by atoms with E-state index < -0.39 is 0 Å². The number of para-hydroxylation sites is 1. The molecule has 0 bridgehead atoms. The normalized spacial score (nSPS) is 9.20. The van der Waals surface area contributed by atoms with Crippen LogP contribution < -0.4 is 0 Å². The van der Waals surface area contributed by atoms with E-state index in [1.165, 1.54) is 0 Å². The van der Waals surface area contributed by atoms with Crippen LogP contribution in [0.25, 0.3) is 10.9 Å². The zero-order valence-electron chi connectivity index (χ0n) is 5.33. The van der Waals surface area contributed by atoms with E-state index >= 15 is 0 Å². The fourth-order valence-corrected chi connectivity index (χ4v) is 0.883. The third-order valence-electron chi connectivity index (χ3n) is 1.35. The van der Waals surface area contributed by atoms with Gasteiger partial charge in [0.1, 0.15) is 0 Å². The number of nitrogens with one attached hydrogen (secondary N) is 1. The van der Waals surface area contributed by atoms with Gasteiger partial charge in [-0.2, -0.15) is 18.6 Å². The quantitative estimate of drug-likeness (QED) is 0.611. The smallest absolute Gasteiger partial charge is 0.0650 e. The summed E-state index contributed by atoms with van der Waals surface area (Å²) in [4.78, 5) is 0. The molecule has 1 heterocycles. The lowest BCUT2D eigenvalue weighted by molar-refractivity contribution is 1.12. The number of fused-ring (bicyclic) bond motifs is 1. The average Bonchev–Trinajstić information content (AvgIpc) is 2.33. The molecule has 0 fully saturated rings. The van der Waals surface area contributed by atoms with Crippen LogP contribution in [0.5, 0.6) is 0 Å². The van der Waals surface area contributed by atoms with E-state index in [0.717, 1.165) is 10.9 Å². The van der Waals surface area contributed by atoms with Gasteiger partial charge in [-0.25, -0.2) is 0 Å². The van der Waals surface area contributed by atoms with Gasteiger partial charge in [-0.1, -0.05) is 18.2 Å². The van der Waals surface area contributed by atoms with Crippen LogP contribution in [0.15, 0.2) is 30.5 Å². The number of hydrogen-bond acceptors (Lipinski definition) is 1. The van der Waals surface area contributed by atoms with Gasteiger partial charge in [0.05, 0.1) is 11.7 Å². The van der Waals surface area contributed by atoms with Crippen LogP contribution in [0.4, 0.5) is 0 Å². The third-order valence-corrected chi connectivity index (χ3v) is 1.35. The number of aromatic amines is 1. The topological polar surface area (TPSA) is 28.7 Å². The molecule has 0 aliphatic rings. The standard InChI is InChI=1S/C7H6N2.H2S/c1-2-4-7-6(3-1)5-8-9-7;/h1-5H,(H,8,9);1H2. The Morgan fingerprint density at radius 3 is 2.80 bits per heavy atom. The lowest BCUT2D eigenvalue weighted by atomic mass is 10.3. The molecular weight excluding hydrogens is 144 g/mol. The van der Waals surface area contributed by atoms with Gasteiger partial charge < -0.3 is 0 Å². The Balaban J connectivity index is 0.000000500. The Hall–Kier alpha value is -0.960. The highest BCUT2D eigenvalue weighted by atomic mass is 32.1. The molecular formula is C7H8N2S. The van der Waals surface area contributed by atoms with Crippen LogP contribution in [0.1, 0.15) is 0 Å². The minimum Gasteiger partial charge on any atom is -0.278 e. The molecule has 0 atom stereocenters. The van der Waals surface area contributed by atoms with Crippen molar-refractivity contribution in [2.24, 2.45) is 0 Å². The van der Waals surface area contributed by atoms with Crippen molar-refractivity contribution in [1.82, 2.24) is 10.2 Å². The molecule has 52 valence electrons. The summed E-state index contributed by atoms with van der Waals surface area (Å²) in [5.74, 6) is 0. The summed E-state index contributed by atoms with van der Waals surface area (Å²) in [6.07, 6.45) is 1.81. The molecule has 2 nitrogen and oxygen atoms in total. The molecule has 10 heavy (non-hydrogen) atoms. The van der Waals surface area contributed by atoms with Crippen LogP contribution in [0, 0.1) is 0 Å². The molecule has 1 aromatic carbocycles. The first-order valence-electron chi connectivity index (χ1n) is 2.85. The molecule has 2 aromatic rings. The van der Waals surface area contributed by atoms with Crippen LogP contribution in [-0.2, 0) is 0 Å².